The van der Waals surface area contributed by atoms with Crippen LogP contribution in [0.3, 0.4) is 0 Å². The molecule has 0 saturated carbocycles. The second kappa shape index (κ2) is 33.8. The van der Waals surface area contributed by atoms with Gasteiger partial charge in [-0.2, -0.15) is 0 Å². The molecule has 0 radical (unpaired) electrons. The van der Waals surface area contributed by atoms with E-state index >= 15 is 0 Å². The number of furan rings is 2. The summed E-state index contributed by atoms with van der Waals surface area (Å²) in [5.74, 6) is 6.00. The minimum atomic E-state index is 0.526. The Morgan fingerprint density at radius 3 is 1.02 bits per heavy atom. The number of aromatic nitrogens is 16. The molecule has 19 heteroatoms. The lowest BCUT2D eigenvalue weighted by Crippen LogP contribution is -2.03. The van der Waals surface area contributed by atoms with E-state index in [-0.39, 0.29) is 0 Å². The second-order valence-electron chi connectivity index (χ2n) is 33.7. The SMILES string of the molecule is c1ccc(-c2cc(-c3ccccc3)nc(-c3cnc(-n4c5ccccc5c5ccc6c7ccccc7oc6c54)nc3)n2)cc1.c1ccc(-c2ccc(-c3nc(-c4ccccc4)nc(-c4ccc(-n5c6ccccc6c6ccc7c8ccccc8oc7c65)nc4)n3)cc2)cc1.c1ccc(-c2nc(-c3ccccc3)nc(-c3cnc(-n4c5ccccc5c5c6sc7ccccc7c6ccc54)nc3)n2)cc1. The summed E-state index contributed by atoms with van der Waals surface area (Å²) in [6.45, 7) is 0. The number of fused-ring (bicyclic) bond motifs is 21. The Kier molecular flexibility index (Phi) is 19.6. The maximum Gasteiger partial charge on any atom is 0.234 e. The summed E-state index contributed by atoms with van der Waals surface area (Å²) >= 11 is 1.84. The summed E-state index contributed by atoms with van der Waals surface area (Å²) in [7, 11) is 0. The van der Waals surface area contributed by atoms with Crippen LogP contribution in [0.25, 0.3) is 261 Å². The fourth-order valence-electron chi connectivity index (χ4n) is 18.9. The van der Waals surface area contributed by atoms with Crippen molar-refractivity contribution in [3.05, 3.63) is 437 Å². The van der Waals surface area contributed by atoms with E-state index in [1.807, 2.05) is 224 Å². The van der Waals surface area contributed by atoms with Crippen molar-refractivity contribution in [1.82, 2.24) is 78.5 Å². The first-order valence-electron chi connectivity index (χ1n) is 45.4. The number of benzene rings is 16. The molecule has 0 aliphatic rings. The Balaban J connectivity index is 0.000000107. The van der Waals surface area contributed by atoms with Gasteiger partial charge in [0.2, 0.25) is 11.9 Å². The minimum Gasteiger partial charge on any atom is -0.454 e. The fourth-order valence-corrected chi connectivity index (χ4v) is 20.2. The van der Waals surface area contributed by atoms with Crippen LogP contribution in [0, 0.1) is 0 Å². The molecule has 0 bridgehead atoms. The van der Waals surface area contributed by atoms with Gasteiger partial charge >= 0.3 is 0 Å². The van der Waals surface area contributed by atoms with Gasteiger partial charge in [0, 0.05) is 144 Å². The lowest BCUT2D eigenvalue weighted by atomic mass is 10.0. The van der Waals surface area contributed by atoms with Crippen LogP contribution in [0.4, 0.5) is 0 Å². The smallest absolute Gasteiger partial charge is 0.234 e. The van der Waals surface area contributed by atoms with E-state index in [2.05, 4.69) is 214 Å². The summed E-state index contributed by atoms with van der Waals surface area (Å²) in [5.41, 5.74) is 21.5. The maximum atomic E-state index is 6.52. The Morgan fingerprint density at radius 1 is 0.203 bits per heavy atom. The van der Waals surface area contributed by atoms with Crippen molar-refractivity contribution in [1.29, 1.82) is 0 Å². The van der Waals surface area contributed by atoms with Gasteiger partial charge in [-0.25, -0.2) is 64.8 Å². The molecule has 0 N–H and O–H groups in total. The van der Waals surface area contributed by atoms with Crippen LogP contribution in [-0.2, 0) is 0 Å². The second-order valence-corrected chi connectivity index (χ2v) is 34.7. The number of pyridine rings is 1. The third-order valence-electron chi connectivity index (χ3n) is 25.4. The first-order chi connectivity index (χ1) is 68.4. The van der Waals surface area contributed by atoms with Crippen LogP contribution in [0.15, 0.2) is 446 Å². The highest BCUT2D eigenvalue weighted by Crippen LogP contribution is 2.46. The third kappa shape index (κ3) is 14.2. The van der Waals surface area contributed by atoms with Crippen molar-refractivity contribution >= 4 is 141 Å². The van der Waals surface area contributed by atoms with Crippen LogP contribution in [0.5, 0.6) is 0 Å². The topological polar surface area (TPSA) is 209 Å². The maximum absolute atomic E-state index is 6.52. The Hall–Kier alpha value is -18.9. The molecule has 646 valence electrons. The standard InChI is InChI=1S/C44H27N5O.C38H23N5O.C37H22N6S/c1-3-11-28(12-4-1)29-19-21-31(22-20-29)43-46-42(30-13-5-2-6-14-30)47-44(48-43)32-23-26-39(45-27-32)49-37-17-9-7-15-33(37)35-24-25-36-34-16-8-10-18-38(34)50-41(36)40(35)49;1-3-11-24(12-4-1)31-21-32(25-13-5-2-6-14-25)42-37(41-31)26-22-39-38(40-23-26)43-33-17-9-7-15-27(33)29-19-20-30-28-16-8-10-18-34(28)44-36(30)35(29)43;1-3-11-23(12-4-1)34-40-35(24-13-5-2-6-14-24)42-36(41-34)25-21-38-37(39-22-25)43-29-17-9-7-16-28(29)32-30(43)20-19-27-26-15-8-10-18-31(26)44-33(27)32/h1-27H;1-23H;1-22H. The van der Waals surface area contributed by atoms with E-state index in [4.69, 9.17) is 73.6 Å². The molecule has 16 aromatic carbocycles. The van der Waals surface area contributed by atoms with E-state index in [1.54, 1.807) is 24.8 Å². The molecule has 0 spiro atoms. The van der Waals surface area contributed by atoms with Crippen molar-refractivity contribution < 1.29 is 8.83 Å². The normalized spacial score (nSPS) is 11.6. The first-order valence-corrected chi connectivity index (χ1v) is 46.2. The molecule has 28 rings (SSSR count). The Bertz CT molecular complexity index is 9430. The number of hydrogen-bond donors (Lipinski definition) is 0. The van der Waals surface area contributed by atoms with Crippen molar-refractivity contribution in [3.63, 3.8) is 0 Å². The lowest BCUT2D eigenvalue weighted by molar-refractivity contribution is 0.670. The number of hydrogen-bond acceptors (Lipinski definition) is 16. The van der Waals surface area contributed by atoms with Crippen LogP contribution in [0.1, 0.15) is 0 Å². The predicted molar refractivity (Wildman–Crippen MR) is 555 cm³/mol. The van der Waals surface area contributed by atoms with E-state index in [0.717, 1.165) is 177 Å². The number of rotatable bonds is 13. The largest absolute Gasteiger partial charge is 0.454 e. The zero-order valence-corrected chi connectivity index (χ0v) is 74.3. The highest BCUT2D eigenvalue weighted by Gasteiger charge is 2.26. The van der Waals surface area contributed by atoms with Gasteiger partial charge in [0.05, 0.1) is 50.1 Å². The first kappa shape index (κ1) is 80.0. The van der Waals surface area contributed by atoms with Crippen LogP contribution in [0.2, 0.25) is 0 Å². The number of para-hydroxylation sites is 5. The molecule has 0 unspecified atom stereocenters. The van der Waals surface area contributed by atoms with Gasteiger partial charge in [0.1, 0.15) is 22.5 Å². The van der Waals surface area contributed by atoms with Gasteiger partial charge < -0.3 is 8.83 Å². The Morgan fingerprint density at radius 2 is 0.536 bits per heavy atom. The Labute approximate surface area is 791 Å². The van der Waals surface area contributed by atoms with Crippen molar-refractivity contribution in [2.75, 3.05) is 0 Å². The average Bonchev–Trinajstić information content (AvgIpc) is 1.59. The molecule has 12 heterocycles. The van der Waals surface area contributed by atoms with Crippen LogP contribution >= 0.6 is 11.3 Å². The molecule has 0 aliphatic carbocycles. The number of thiophene rings is 1. The predicted octanol–water partition coefficient (Wildman–Crippen LogP) is 29.3. The molecule has 28 aromatic rings. The summed E-state index contributed by atoms with van der Waals surface area (Å²) in [6, 6.07) is 138. The third-order valence-corrected chi connectivity index (χ3v) is 26.7. The summed E-state index contributed by atoms with van der Waals surface area (Å²) in [5, 5.41) is 13.8. The van der Waals surface area contributed by atoms with Gasteiger partial charge in [0.25, 0.3) is 0 Å². The summed E-state index contributed by atoms with van der Waals surface area (Å²) in [4.78, 5) is 63.8. The molecule has 0 aliphatic heterocycles. The summed E-state index contributed by atoms with van der Waals surface area (Å²) in [6.07, 6.45) is 9.07. The van der Waals surface area contributed by atoms with Crippen molar-refractivity contribution in [3.8, 4) is 131 Å². The summed E-state index contributed by atoms with van der Waals surface area (Å²) < 4.78 is 22.0. The van der Waals surface area contributed by atoms with E-state index in [9.17, 15) is 0 Å². The average molecular weight is 1790 g/mol. The molecule has 138 heavy (non-hydrogen) atoms. The highest BCUT2D eigenvalue weighted by atomic mass is 32.1. The molecule has 0 atom stereocenters. The van der Waals surface area contributed by atoms with Gasteiger partial charge in [-0.1, -0.05) is 334 Å². The van der Waals surface area contributed by atoms with Crippen LogP contribution < -0.4 is 0 Å². The molecular formula is C119H72N16O2S. The van der Waals surface area contributed by atoms with Crippen molar-refractivity contribution in [2.24, 2.45) is 0 Å². The van der Waals surface area contributed by atoms with Gasteiger partial charge in [-0.15, -0.1) is 11.3 Å². The van der Waals surface area contributed by atoms with E-state index < -0.39 is 0 Å². The molecule has 0 saturated heterocycles. The fraction of sp³-hybridized carbons (Fsp3) is 0. The monoisotopic (exact) mass is 1790 g/mol. The highest BCUT2D eigenvalue weighted by molar-refractivity contribution is 7.26. The van der Waals surface area contributed by atoms with Gasteiger partial charge in [0.15, 0.2) is 51.9 Å². The molecule has 12 aromatic heterocycles. The van der Waals surface area contributed by atoms with Crippen molar-refractivity contribution in [2.45, 2.75) is 0 Å². The minimum absolute atomic E-state index is 0.526. The van der Waals surface area contributed by atoms with E-state index in [1.165, 1.54) is 30.9 Å². The van der Waals surface area contributed by atoms with E-state index in [0.29, 0.717) is 52.7 Å². The molecule has 18 nitrogen and oxygen atoms in total. The number of nitrogens with zero attached hydrogens (tertiary/aromatic N) is 16. The quantitative estimate of drug-likeness (QED) is 0.105. The van der Waals surface area contributed by atoms with Gasteiger partial charge in [-0.3, -0.25) is 13.7 Å². The molecule has 0 fully saturated rings. The lowest BCUT2D eigenvalue weighted by Gasteiger charge is -2.10. The molecule has 0 amide bonds. The van der Waals surface area contributed by atoms with Gasteiger partial charge in [-0.05, 0) is 83.9 Å². The zero-order valence-electron chi connectivity index (χ0n) is 73.4. The zero-order chi connectivity index (χ0) is 91.1. The molecular weight excluding hydrogens is 1720 g/mol. The van der Waals surface area contributed by atoms with Crippen LogP contribution in [-0.4, -0.2) is 78.5 Å².